The summed E-state index contributed by atoms with van der Waals surface area (Å²) >= 11 is 1.95. The summed E-state index contributed by atoms with van der Waals surface area (Å²) in [6.07, 6.45) is 4.64. The first kappa shape index (κ1) is 47.2. The molecule has 0 bridgehead atoms. The zero-order valence-corrected chi connectivity index (χ0v) is 47.6. The first-order valence-electron chi connectivity index (χ1n) is 28.2. The van der Waals surface area contributed by atoms with Crippen molar-refractivity contribution in [2.45, 2.75) is 136 Å². The van der Waals surface area contributed by atoms with Crippen molar-refractivity contribution >= 4 is 111 Å². The third-order valence-electron chi connectivity index (χ3n) is 19.2. The molecule has 6 heteroatoms. The molecule has 0 fully saturated rings. The lowest BCUT2D eigenvalue weighted by atomic mass is 9.45. The van der Waals surface area contributed by atoms with Crippen molar-refractivity contribution in [2.24, 2.45) is 0 Å². The third-order valence-corrected chi connectivity index (χ3v) is 20.4. The highest BCUT2D eigenvalue weighted by molar-refractivity contribution is 7.26. The van der Waals surface area contributed by atoms with Gasteiger partial charge in [0.1, 0.15) is 16.8 Å². The van der Waals surface area contributed by atoms with Gasteiger partial charge in [-0.3, -0.25) is 0 Å². The first-order chi connectivity index (χ1) is 36.7. The van der Waals surface area contributed by atoms with E-state index in [1.165, 1.54) is 94.4 Å². The smallest absolute Gasteiger partial charge is 0.376 e. The second-order valence-electron chi connectivity index (χ2n) is 27.0. The monoisotopic (exact) mass is 1020 g/mol. The number of hydrogen-bond acceptors (Lipinski definition) is 5. The summed E-state index contributed by atoms with van der Waals surface area (Å²) in [6.45, 7) is 28.5. The van der Waals surface area contributed by atoms with E-state index >= 15 is 0 Å². The standard InChI is InChI=1S/C71H67BN2O2S/c1-40-32-52-54(70(9,10)30-28-68(52,5)6)37-56(40)73-63-46-27-22-42(41-18-14-13-15-19-41)33-59(46)76-66(63)72-62-50(35-51-45-20-16-17-21-58(45)75-65(51)64(62)73)47-34-48-49-36-53-55(71(11,12)31-29-69(53,7)8)38-60(49)77-61(48)39-57(47)74(72)44-25-23-43(24-26-44)67(2,3)4/h13-27,32-39H,28-31H2,1-12H3. The molecule has 3 aromatic heterocycles. The number of anilines is 5. The first-order valence-corrected chi connectivity index (χ1v) is 29.0. The molecule has 15 rings (SSSR count). The minimum absolute atomic E-state index is 0.0131. The topological polar surface area (TPSA) is 32.8 Å². The van der Waals surface area contributed by atoms with Crippen LogP contribution < -0.4 is 20.8 Å². The molecule has 0 spiro atoms. The third kappa shape index (κ3) is 6.70. The fourth-order valence-corrected chi connectivity index (χ4v) is 15.6. The van der Waals surface area contributed by atoms with E-state index in [4.69, 9.17) is 8.83 Å². The summed E-state index contributed by atoms with van der Waals surface area (Å²) in [5.74, 6) is 0. The number of para-hydroxylation sites is 1. The van der Waals surface area contributed by atoms with Gasteiger partial charge in [-0.1, -0.05) is 149 Å². The summed E-state index contributed by atoms with van der Waals surface area (Å²) in [4.78, 5) is 5.22. The lowest BCUT2D eigenvalue weighted by molar-refractivity contribution is 0.332. The molecule has 382 valence electrons. The molecule has 0 radical (unpaired) electrons. The van der Waals surface area contributed by atoms with Crippen molar-refractivity contribution in [2.75, 3.05) is 9.71 Å². The maximum atomic E-state index is 7.72. The predicted octanol–water partition coefficient (Wildman–Crippen LogP) is 19.4. The largest absolute Gasteiger partial charge is 0.466 e. The Morgan fingerprint density at radius 2 is 1.10 bits per heavy atom. The summed E-state index contributed by atoms with van der Waals surface area (Å²) in [6, 6.07) is 53.5. The summed E-state index contributed by atoms with van der Waals surface area (Å²) in [5.41, 5.74) is 23.8. The highest BCUT2D eigenvalue weighted by atomic mass is 32.1. The number of furan rings is 2. The molecular formula is C71H67BN2O2S. The molecule has 0 amide bonds. The number of rotatable bonds is 3. The van der Waals surface area contributed by atoms with Gasteiger partial charge in [-0.15, -0.1) is 11.3 Å². The van der Waals surface area contributed by atoms with Crippen LogP contribution in [0.5, 0.6) is 0 Å². The molecule has 8 aromatic carbocycles. The quantitative estimate of drug-likeness (QED) is 0.165. The number of fused-ring (bicyclic) bond motifs is 15. The van der Waals surface area contributed by atoms with Crippen molar-refractivity contribution in [3.05, 3.63) is 173 Å². The number of benzene rings is 8. The zero-order valence-electron chi connectivity index (χ0n) is 46.8. The van der Waals surface area contributed by atoms with Crippen molar-refractivity contribution in [3.8, 4) is 22.3 Å². The lowest BCUT2D eigenvalue weighted by Gasteiger charge is -2.45. The van der Waals surface area contributed by atoms with Crippen LogP contribution in [0.2, 0.25) is 0 Å². The van der Waals surface area contributed by atoms with E-state index in [1.807, 2.05) is 11.3 Å². The fraction of sp³-hybridized carbons (Fsp3) is 0.296. The van der Waals surface area contributed by atoms with Crippen molar-refractivity contribution in [3.63, 3.8) is 0 Å². The molecule has 4 nitrogen and oxygen atoms in total. The van der Waals surface area contributed by atoms with Crippen LogP contribution in [0.1, 0.15) is 135 Å². The average Bonchev–Trinajstić information content (AvgIpc) is 4.30. The average molecular weight is 1020 g/mol. The Kier molecular flexibility index (Phi) is 9.56. The number of nitrogens with zero attached hydrogens (tertiary/aromatic N) is 2. The Hall–Kier alpha value is -7.02. The van der Waals surface area contributed by atoms with Gasteiger partial charge in [-0.25, -0.2) is 0 Å². The normalized spacial score (nSPS) is 17.7. The highest BCUT2D eigenvalue weighted by Gasteiger charge is 2.51. The van der Waals surface area contributed by atoms with Crippen LogP contribution in [0.15, 0.2) is 148 Å². The van der Waals surface area contributed by atoms with Crippen LogP contribution in [0.3, 0.4) is 0 Å². The van der Waals surface area contributed by atoms with Crippen LogP contribution in [-0.4, -0.2) is 6.85 Å². The number of thiophene rings is 1. The van der Waals surface area contributed by atoms with Gasteiger partial charge in [0.25, 0.3) is 0 Å². The van der Waals surface area contributed by atoms with E-state index in [0.29, 0.717) is 0 Å². The van der Waals surface area contributed by atoms with Crippen LogP contribution in [-0.2, 0) is 27.1 Å². The summed E-state index contributed by atoms with van der Waals surface area (Å²) < 4.78 is 17.8. The van der Waals surface area contributed by atoms with Crippen molar-refractivity contribution < 1.29 is 8.83 Å². The molecular weight excluding hydrogens is 956 g/mol. The van der Waals surface area contributed by atoms with E-state index in [0.717, 1.165) is 79.6 Å². The molecule has 2 aliphatic carbocycles. The van der Waals surface area contributed by atoms with Crippen LogP contribution in [0.25, 0.3) is 75.3 Å². The minimum atomic E-state index is -0.349. The second kappa shape index (κ2) is 15.6. The second-order valence-corrected chi connectivity index (χ2v) is 28.1. The Morgan fingerprint density at radius 1 is 0.494 bits per heavy atom. The van der Waals surface area contributed by atoms with E-state index < -0.39 is 0 Å². The van der Waals surface area contributed by atoms with E-state index in [-0.39, 0.29) is 33.9 Å². The molecule has 0 N–H and O–H groups in total. The molecule has 77 heavy (non-hydrogen) atoms. The van der Waals surface area contributed by atoms with Gasteiger partial charge in [0.05, 0.1) is 11.4 Å². The Morgan fingerprint density at radius 3 is 1.81 bits per heavy atom. The van der Waals surface area contributed by atoms with Gasteiger partial charge in [0.15, 0.2) is 5.58 Å². The Balaban J connectivity index is 1.11. The van der Waals surface area contributed by atoms with Crippen LogP contribution in [0, 0.1) is 6.92 Å². The van der Waals surface area contributed by atoms with Crippen molar-refractivity contribution in [1.29, 1.82) is 0 Å². The van der Waals surface area contributed by atoms with E-state index in [2.05, 4.69) is 232 Å². The highest BCUT2D eigenvalue weighted by Crippen LogP contribution is 2.57. The SMILES string of the molecule is Cc1cc2c(cc1N1c3c(oc4cc(-c5ccccc5)ccc34)B3c4c(cc5c(oc6ccccc65)c41)-c1cc4c(cc1N3c1ccc(C(C)(C)C)cc1)sc1cc3c(cc14)C(C)(C)CCC3(C)C)C(C)(C)CCC2(C)C. The molecule has 11 aromatic rings. The maximum Gasteiger partial charge on any atom is 0.376 e. The zero-order chi connectivity index (χ0) is 53.0. The van der Waals surface area contributed by atoms with Crippen molar-refractivity contribution in [1.82, 2.24) is 0 Å². The molecule has 0 saturated carbocycles. The number of aryl methyl sites for hydroxylation is 1. The Bertz CT molecular complexity index is 4350. The molecule has 2 aliphatic heterocycles. The summed E-state index contributed by atoms with van der Waals surface area (Å²) in [7, 11) is 0. The Labute approximate surface area is 457 Å². The lowest BCUT2D eigenvalue weighted by Crippen LogP contribution is -2.61. The van der Waals surface area contributed by atoms with Crippen LogP contribution in [0.4, 0.5) is 28.4 Å². The summed E-state index contributed by atoms with van der Waals surface area (Å²) in [5, 5.41) is 6.01. The van der Waals surface area contributed by atoms with Gasteiger partial charge in [-0.2, -0.15) is 0 Å². The minimum Gasteiger partial charge on any atom is -0.466 e. The molecule has 0 saturated heterocycles. The maximum absolute atomic E-state index is 7.72. The van der Waals surface area contributed by atoms with Gasteiger partial charge in [0.2, 0.25) is 0 Å². The van der Waals surface area contributed by atoms with Gasteiger partial charge < -0.3 is 18.5 Å². The van der Waals surface area contributed by atoms with Gasteiger partial charge in [-0.05, 0) is 182 Å². The predicted molar refractivity (Wildman–Crippen MR) is 330 cm³/mol. The molecule has 0 unspecified atom stereocenters. The van der Waals surface area contributed by atoms with Crippen LogP contribution >= 0.6 is 11.3 Å². The fourth-order valence-electron chi connectivity index (χ4n) is 14.4. The number of hydrogen-bond donors (Lipinski definition) is 0. The molecule has 5 heterocycles. The van der Waals surface area contributed by atoms with Gasteiger partial charge >= 0.3 is 6.85 Å². The van der Waals surface area contributed by atoms with Gasteiger partial charge in [0, 0.05) is 59.0 Å². The van der Waals surface area contributed by atoms with E-state index in [1.54, 1.807) is 0 Å². The molecule has 0 atom stereocenters. The van der Waals surface area contributed by atoms with E-state index in [9.17, 15) is 0 Å². The molecule has 4 aliphatic rings.